The van der Waals surface area contributed by atoms with Crippen molar-refractivity contribution in [3.8, 4) is 0 Å². The maximum absolute atomic E-state index is 13.4. The molecule has 196 valence electrons. The molecule has 1 amide bonds. The number of benzene rings is 3. The fourth-order valence-electron chi connectivity index (χ4n) is 4.32. The maximum atomic E-state index is 13.4. The number of amides is 1. The van der Waals surface area contributed by atoms with Gasteiger partial charge in [0.1, 0.15) is 0 Å². The quantitative estimate of drug-likeness (QED) is 0.138. The molecule has 5 rings (SSSR count). The molecule has 0 radical (unpaired) electrons. The predicted molar refractivity (Wildman–Crippen MR) is 157 cm³/mol. The van der Waals surface area contributed by atoms with Crippen LogP contribution in [0.4, 0.5) is 5.13 Å². The standard InChI is InChI=1S/C31H27N3O3S2/c1-3-21-13-16-24(17-14-21)27-26(25(35)18-15-22-7-5-4-6-8-22)28(36)29(37)34(27)30-32-33-31(39-30)38-19-23-11-9-20(2)10-12-23/h4-18,27,36H,3,19H2,1-2H3/b18-15+. The average molecular weight is 554 g/mol. The van der Waals surface area contributed by atoms with Crippen molar-refractivity contribution < 1.29 is 14.7 Å². The highest BCUT2D eigenvalue weighted by atomic mass is 32.2. The fourth-order valence-corrected chi connectivity index (χ4v) is 6.14. The van der Waals surface area contributed by atoms with Crippen molar-refractivity contribution in [2.75, 3.05) is 4.90 Å². The van der Waals surface area contributed by atoms with Gasteiger partial charge in [-0.2, -0.15) is 0 Å². The van der Waals surface area contributed by atoms with E-state index in [1.54, 1.807) is 6.08 Å². The molecule has 8 heteroatoms. The number of nitrogens with zero attached hydrogens (tertiary/aromatic N) is 3. The molecule has 0 spiro atoms. The van der Waals surface area contributed by atoms with Gasteiger partial charge in [0.25, 0.3) is 5.91 Å². The third-order valence-corrected chi connectivity index (χ3v) is 8.62. The molecule has 1 unspecified atom stereocenters. The van der Waals surface area contributed by atoms with Gasteiger partial charge in [-0.05, 0) is 41.7 Å². The van der Waals surface area contributed by atoms with Gasteiger partial charge >= 0.3 is 0 Å². The lowest BCUT2D eigenvalue weighted by atomic mass is 9.95. The minimum Gasteiger partial charge on any atom is -0.503 e. The Morgan fingerprint density at radius 3 is 2.38 bits per heavy atom. The Labute approximate surface area is 235 Å². The second-order valence-electron chi connectivity index (χ2n) is 9.17. The van der Waals surface area contributed by atoms with Crippen LogP contribution < -0.4 is 4.90 Å². The number of aliphatic hydroxyl groups excluding tert-OH is 1. The van der Waals surface area contributed by atoms with Gasteiger partial charge in [-0.1, -0.05) is 121 Å². The highest BCUT2D eigenvalue weighted by Crippen LogP contribution is 2.43. The van der Waals surface area contributed by atoms with Crippen LogP contribution in [-0.2, 0) is 21.8 Å². The largest absolute Gasteiger partial charge is 0.503 e. The Morgan fingerprint density at radius 1 is 1.00 bits per heavy atom. The number of aromatic nitrogens is 2. The van der Waals surface area contributed by atoms with Crippen LogP contribution in [0.25, 0.3) is 6.08 Å². The Morgan fingerprint density at radius 2 is 1.69 bits per heavy atom. The number of hydrogen-bond donors (Lipinski definition) is 1. The van der Waals surface area contributed by atoms with Gasteiger partial charge in [-0.15, -0.1) is 10.2 Å². The molecule has 1 aliphatic rings. The summed E-state index contributed by atoms with van der Waals surface area (Å²) in [7, 11) is 0. The lowest BCUT2D eigenvalue weighted by Gasteiger charge is -2.24. The summed E-state index contributed by atoms with van der Waals surface area (Å²) in [5.74, 6) is -0.952. The lowest BCUT2D eigenvalue weighted by Crippen LogP contribution is -2.30. The van der Waals surface area contributed by atoms with Gasteiger partial charge in [0.15, 0.2) is 15.9 Å². The Balaban J connectivity index is 1.45. The normalized spacial score (nSPS) is 15.5. The highest BCUT2D eigenvalue weighted by Gasteiger charge is 2.45. The van der Waals surface area contributed by atoms with Gasteiger partial charge in [-0.3, -0.25) is 14.5 Å². The van der Waals surface area contributed by atoms with Gasteiger partial charge in [0.2, 0.25) is 5.13 Å². The van der Waals surface area contributed by atoms with Crippen molar-refractivity contribution in [3.05, 3.63) is 124 Å². The summed E-state index contributed by atoms with van der Waals surface area (Å²) >= 11 is 2.80. The number of rotatable bonds is 9. The van der Waals surface area contributed by atoms with Crippen LogP contribution >= 0.6 is 23.1 Å². The first-order valence-corrected chi connectivity index (χ1v) is 14.4. The van der Waals surface area contributed by atoms with Gasteiger partial charge in [-0.25, -0.2) is 0 Å². The average Bonchev–Trinajstić information content (AvgIpc) is 3.54. The summed E-state index contributed by atoms with van der Waals surface area (Å²) < 4.78 is 0.696. The summed E-state index contributed by atoms with van der Waals surface area (Å²) in [6.07, 6.45) is 3.93. The molecule has 0 fully saturated rings. The Kier molecular flexibility index (Phi) is 8.05. The first kappa shape index (κ1) is 26.6. The monoisotopic (exact) mass is 553 g/mol. The molecular formula is C31H27N3O3S2. The van der Waals surface area contributed by atoms with Gasteiger partial charge < -0.3 is 5.11 Å². The van der Waals surface area contributed by atoms with Crippen LogP contribution in [0.5, 0.6) is 0 Å². The molecule has 1 N–H and O–H groups in total. The molecule has 0 bridgehead atoms. The van der Waals surface area contributed by atoms with Gasteiger partial charge in [0, 0.05) is 5.75 Å². The van der Waals surface area contributed by atoms with E-state index in [0.717, 1.165) is 23.1 Å². The van der Waals surface area contributed by atoms with E-state index in [-0.39, 0.29) is 5.57 Å². The molecule has 1 aliphatic heterocycles. The molecule has 3 aromatic carbocycles. The van der Waals surface area contributed by atoms with Gasteiger partial charge in [0.05, 0.1) is 11.6 Å². The van der Waals surface area contributed by atoms with E-state index in [9.17, 15) is 14.7 Å². The number of aliphatic hydroxyl groups is 1. The first-order valence-electron chi connectivity index (χ1n) is 12.6. The molecule has 0 saturated carbocycles. The van der Waals surface area contributed by atoms with Crippen molar-refractivity contribution in [2.45, 2.75) is 36.4 Å². The topological polar surface area (TPSA) is 83.4 Å². The molecule has 6 nitrogen and oxygen atoms in total. The zero-order valence-electron chi connectivity index (χ0n) is 21.6. The first-order chi connectivity index (χ1) is 18.9. The third kappa shape index (κ3) is 5.87. The Hall–Kier alpha value is -4.01. The van der Waals surface area contributed by atoms with E-state index in [1.165, 1.54) is 39.6 Å². The molecule has 0 aliphatic carbocycles. The number of carbonyl (C=O) groups is 2. The number of hydrogen-bond acceptors (Lipinski definition) is 7. The number of allylic oxidation sites excluding steroid dienone is 1. The van der Waals surface area contributed by atoms with Crippen molar-refractivity contribution in [1.29, 1.82) is 0 Å². The van der Waals surface area contributed by atoms with E-state index >= 15 is 0 Å². The van der Waals surface area contributed by atoms with E-state index in [0.29, 0.717) is 20.8 Å². The minimum absolute atomic E-state index is 0.0282. The van der Waals surface area contributed by atoms with Crippen LogP contribution in [0.1, 0.15) is 40.8 Å². The second-order valence-corrected chi connectivity index (χ2v) is 11.3. The van der Waals surface area contributed by atoms with Crippen LogP contribution in [0, 0.1) is 6.92 Å². The number of thioether (sulfide) groups is 1. The number of aryl methyl sites for hydroxylation is 2. The van der Waals surface area contributed by atoms with Crippen molar-refractivity contribution >= 4 is 46.0 Å². The van der Waals surface area contributed by atoms with Crippen molar-refractivity contribution in [3.63, 3.8) is 0 Å². The van der Waals surface area contributed by atoms with Crippen LogP contribution in [0.3, 0.4) is 0 Å². The lowest BCUT2D eigenvalue weighted by molar-refractivity contribution is -0.117. The molecule has 39 heavy (non-hydrogen) atoms. The summed E-state index contributed by atoms with van der Waals surface area (Å²) in [4.78, 5) is 28.2. The number of anilines is 1. The minimum atomic E-state index is -0.820. The summed E-state index contributed by atoms with van der Waals surface area (Å²) in [5, 5.41) is 19.9. The van der Waals surface area contributed by atoms with E-state index in [1.807, 2.05) is 61.5 Å². The Bertz CT molecular complexity index is 1540. The van der Waals surface area contributed by atoms with E-state index in [4.69, 9.17) is 0 Å². The van der Waals surface area contributed by atoms with Crippen LogP contribution in [0.2, 0.25) is 0 Å². The molecule has 4 aromatic rings. The van der Waals surface area contributed by atoms with E-state index in [2.05, 4.69) is 41.4 Å². The smallest absolute Gasteiger partial charge is 0.296 e. The zero-order valence-corrected chi connectivity index (χ0v) is 23.2. The molecular weight excluding hydrogens is 526 g/mol. The molecule has 1 atom stereocenters. The van der Waals surface area contributed by atoms with E-state index < -0.39 is 23.5 Å². The second kappa shape index (κ2) is 11.8. The summed E-state index contributed by atoms with van der Waals surface area (Å²) in [6.45, 7) is 4.11. The zero-order chi connectivity index (χ0) is 27.4. The van der Waals surface area contributed by atoms with Crippen LogP contribution in [0.15, 0.2) is 101 Å². The summed E-state index contributed by atoms with van der Waals surface area (Å²) in [5.41, 5.74) is 5.07. The fraction of sp³-hybridized carbons (Fsp3) is 0.161. The predicted octanol–water partition coefficient (Wildman–Crippen LogP) is 6.88. The molecule has 2 heterocycles. The SMILES string of the molecule is CCc1ccc(C2C(C(=O)/C=C/c3ccccc3)=C(O)C(=O)N2c2nnc(SCc3ccc(C)cc3)s2)cc1. The van der Waals surface area contributed by atoms with Crippen molar-refractivity contribution in [1.82, 2.24) is 10.2 Å². The number of carbonyl (C=O) groups excluding carboxylic acids is 2. The van der Waals surface area contributed by atoms with Crippen LogP contribution in [-0.4, -0.2) is 27.0 Å². The third-order valence-electron chi connectivity index (χ3n) is 6.49. The summed E-state index contributed by atoms with van der Waals surface area (Å²) in [6, 6.07) is 24.6. The maximum Gasteiger partial charge on any atom is 0.296 e. The van der Waals surface area contributed by atoms with Crippen molar-refractivity contribution in [2.24, 2.45) is 0 Å². The highest BCUT2D eigenvalue weighted by molar-refractivity contribution is 8.00. The molecule has 0 saturated heterocycles. The number of ketones is 1. The molecule has 1 aromatic heterocycles.